The van der Waals surface area contributed by atoms with Gasteiger partial charge in [0.1, 0.15) is 0 Å². The molecule has 4 rings (SSSR count). The zero-order chi connectivity index (χ0) is 13.7. The van der Waals surface area contributed by atoms with E-state index in [-0.39, 0.29) is 0 Å². The summed E-state index contributed by atoms with van der Waals surface area (Å²) in [6, 6.07) is 20.7. The smallest absolute Gasteiger partial charge is 0.0677 e. The number of hydrogen-bond donors (Lipinski definition) is 0. The van der Waals surface area contributed by atoms with Crippen LogP contribution in [0.2, 0.25) is 10.0 Å². The van der Waals surface area contributed by atoms with E-state index in [1.165, 1.54) is 16.2 Å². The quantitative estimate of drug-likeness (QED) is 0.327. The lowest BCUT2D eigenvalue weighted by Gasteiger charge is -2.12. The minimum Gasteiger partial charge on any atom is -0.0827 e. The topological polar surface area (TPSA) is 0 Å². The summed E-state index contributed by atoms with van der Waals surface area (Å²) in [4.78, 5) is 0. The van der Waals surface area contributed by atoms with Gasteiger partial charge in [-0.05, 0) is 33.0 Å². The minimum atomic E-state index is 0.597. The van der Waals surface area contributed by atoms with Gasteiger partial charge in [0.2, 0.25) is 0 Å². The molecule has 0 fully saturated rings. The Bertz CT molecular complexity index is 936. The van der Waals surface area contributed by atoms with E-state index in [0.29, 0.717) is 10.0 Å². The number of benzene rings is 4. The summed E-state index contributed by atoms with van der Waals surface area (Å²) in [6.07, 6.45) is 0. The molecule has 0 amide bonds. The average Bonchev–Trinajstić information content (AvgIpc) is 2.50. The fraction of sp³-hybridized carbons (Fsp3) is 0. The second-order valence-electron chi connectivity index (χ2n) is 4.88. The van der Waals surface area contributed by atoms with Crippen LogP contribution in [0.3, 0.4) is 0 Å². The third kappa shape index (κ3) is 1.56. The molecule has 0 aliphatic heterocycles. The van der Waals surface area contributed by atoms with Crippen LogP contribution < -0.4 is 0 Å². The Morgan fingerprint density at radius 3 is 1.55 bits per heavy atom. The highest BCUT2D eigenvalue weighted by Gasteiger charge is 2.12. The van der Waals surface area contributed by atoms with Crippen LogP contribution in [-0.4, -0.2) is 0 Å². The summed E-state index contributed by atoms with van der Waals surface area (Å²) in [6.45, 7) is 0. The van der Waals surface area contributed by atoms with E-state index in [4.69, 9.17) is 23.2 Å². The van der Waals surface area contributed by atoms with Gasteiger partial charge in [0.25, 0.3) is 0 Å². The van der Waals surface area contributed by atoms with Crippen molar-refractivity contribution in [3.63, 3.8) is 0 Å². The molecule has 0 saturated carbocycles. The molecule has 0 heterocycles. The molecular formula is C18H10Cl2. The zero-order valence-corrected chi connectivity index (χ0v) is 12.0. The second kappa shape index (κ2) is 4.37. The van der Waals surface area contributed by atoms with Crippen LogP contribution in [-0.2, 0) is 0 Å². The van der Waals surface area contributed by atoms with Crippen molar-refractivity contribution in [3.8, 4) is 0 Å². The van der Waals surface area contributed by atoms with Crippen LogP contribution in [0, 0.1) is 0 Å². The van der Waals surface area contributed by atoms with E-state index in [1.54, 1.807) is 0 Å². The Kier molecular flexibility index (Phi) is 2.63. The second-order valence-corrected chi connectivity index (χ2v) is 5.66. The van der Waals surface area contributed by atoms with Gasteiger partial charge < -0.3 is 0 Å². The number of halogens is 2. The number of hydrogen-bond acceptors (Lipinski definition) is 0. The van der Waals surface area contributed by atoms with Crippen molar-refractivity contribution >= 4 is 55.5 Å². The predicted molar refractivity (Wildman–Crippen MR) is 89.0 cm³/mol. The lowest BCUT2D eigenvalue weighted by atomic mass is 9.94. The molecule has 0 aliphatic rings. The first kappa shape index (κ1) is 12.0. The molecule has 2 heteroatoms. The summed E-state index contributed by atoms with van der Waals surface area (Å²) in [5.41, 5.74) is 0. The molecule has 4 aromatic carbocycles. The molecule has 0 N–H and O–H groups in total. The van der Waals surface area contributed by atoms with E-state index < -0.39 is 0 Å². The number of rotatable bonds is 0. The maximum absolute atomic E-state index is 6.47. The zero-order valence-electron chi connectivity index (χ0n) is 10.5. The largest absolute Gasteiger partial charge is 0.0827 e. The lowest BCUT2D eigenvalue weighted by molar-refractivity contribution is 1.77. The van der Waals surface area contributed by atoms with Gasteiger partial charge in [-0.2, -0.15) is 0 Å². The van der Waals surface area contributed by atoms with Crippen LogP contribution in [0.4, 0.5) is 0 Å². The maximum atomic E-state index is 6.47. The highest BCUT2D eigenvalue weighted by Crippen LogP contribution is 2.40. The molecular weight excluding hydrogens is 287 g/mol. The van der Waals surface area contributed by atoms with Gasteiger partial charge in [0.15, 0.2) is 0 Å². The summed E-state index contributed by atoms with van der Waals surface area (Å²) in [5.74, 6) is 0. The van der Waals surface area contributed by atoms with Crippen LogP contribution in [0.5, 0.6) is 0 Å². The van der Waals surface area contributed by atoms with Gasteiger partial charge in [-0.3, -0.25) is 0 Å². The maximum Gasteiger partial charge on any atom is 0.0677 e. The summed E-state index contributed by atoms with van der Waals surface area (Å²) in [7, 11) is 0. The summed E-state index contributed by atoms with van der Waals surface area (Å²) in [5, 5.41) is 8.22. The Labute approximate surface area is 126 Å². The summed E-state index contributed by atoms with van der Waals surface area (Å²) < 4.78 is 0. The van der Waals surface area contributed by atoms with Crippen molar-refractivity contribution in [2.24, 2.45) is 0 Å². The van der Waals surface area contributed by atoms with E-state index in [0.717, 1.165) is 16.2 Å². The highest BCUT2D eigenvalue weighted by molar-refractivity contribution is 6.48. The SMILES string of the molecule is Clc1ccc2c3ccccc3c3ccccc3c2c1Cl. The lowest BCUT2D eigenvalue weighted by Crippen LogP contribution is -1.84. The molecule has 0 radical (unpaired) electrons. The molecule has 0 spiro atoms. The molecule has 4 aromatic rings. The first-order valence-corrected chi connectivity index (χ1v) is 7.20. The molecule has 0 nitrogen and oxygen atoms in total. The highest BCUT2D eigenvalue weighted by atomic mass is 35.5. The number of fused-ring (bicyclic) bond motifs is 6. The van der Waals surface area contributed by atoms with Gasteiger partial charge in [0, 0.05) is 5.39 Å². The third-order valence-corrected chi connectivity index (χ3v) is 4.60. The van der Waals surface area contributed by atoms with Crippen LogP contribution in [0.25, 0.3) is 32.3 Å². The fourth-order valence-corrected chi connectivity index (χ4v) is 3.35. The van der Waals surface area contributed by atoms with E-state index in [1.807, 2.05) is 12.1 Å². The van der Waals surface area contributed by atoms with Crippen molar-refractivity contribution in [2.45, 2.75) is 0 Å². The van der Waals surface area contributed by atoms with Gasteiger partial charge in [-0.1, -0.05) is 77.8 Å². The standard InChI is InChI=1S/C18H10Cl2/c19-16-10-9-15-13-7-2-1-5-11(13)12-6-3-4-8-14(12)17(15)18(16)20/h1-10H. The average molecular weight is 297 g/mol. The van der Waals surface area contributed by atoms with Crippen LogP contribution >= 0.6 is 23.2 Å². The molecule has 0 aromatic heterocycles. The van der Waals surface area contributed by atoms with E-state index in [9.17, 15) is 0 Å². The third-order valence-electron chi connectivity index (χ3n) is 3.80. The first-order chi connectivity index (χ1) is 9.77. The Hall–Kier alpha value is -1.76. The molecule has 0 saturated heterocycles. The van der Waals surface area contributed by atoms with Crippen LogP contribution in [0.1, 0.15) is 0 Å². The molecule has 0 unspecified atom stereocenters. The van der Waals surface area contributed by atoms with Gasteiger partial charge in [-0.15, -0.1) is 0 Å². The molecule has 0 atom stereocenters. The van der Waals surface area contributed by atoms with Gasteiger partial charge in [0.05, 0.1) is 10.0 Å². The van der Waals surface area contributed by atoms with Gasteiger partial charge >= 0.3 is 0 Å². The predicted octanol–water partition coefficient (Wildman–Crippen LogP) is 6.45. The van der Waals surface area contributed by atoms with Crippen molar-refractivity contribution in [3.05, 3.63) is 70.7 Å². The minimum absolute atomic E-state index is 0.597. The first-order valence-electron chi connectivity index (χ1n) is 6.44. The fourth-order valence-electron chi connectivity index (χ4n) is 2.93. The van der Waals surface area contributed by atoms with E-state index in [2.05, 4.69) is 48.5 Å². The van der Waals surface area contributed by atoms with Crippen molar-refractivity contribution in [2.75, 3.05) is 0 Å². The molecule has 96 valence electrons. The molecule has 0 aliphatic carbocycles. The van der Waals surface area contributed by atoms with Crippen LogP contribution in [0.15, 0.2) is 60.7 Å². The monoisotopic (exact) mass is 296 g/mol. The van der Waals surface area contributed by atoms with Crippen molar-refractivity contribution < 1.29 is 0 Å². The Balaban J connectivity index is 2.46. The normalized spacial score (nSPS) is 11.5. The Morgan fingerprint density at radius 1 is 0.500 bits per heavy atom. The molecule has 20 heavy (non-hydrogen) atoms. The summed E-state index contributed by atoms with van der Waals surface area (Å²) >= 11 is 12.7. The van der Waals surface area contributed by atoms with Crippen molar-refractivity contribution in [1.29, 1.82) is 0 Å². The Morgan fingerprint density at radius 2 is 0.950 bits per heavy atom. The van der Waals surface area contributed by atoms with Crippen molar-refractivity contribution in [1.82, 2.24) is 0 Å². The molecule has 0 bridgehead atoms. The van der Waals surface area contributed by atoms with E-state index >= 15 is 0 Å². The van der Waals surface area contributed by atoms with Gasteiger partial charge in [-0.25, -0.2) is 0 Å².